The zero-order chi connectivity index (χ0) is 23.5. The fraction of sp³-hybridized carbons (Fsp3) is 0.269. The quantitative estimate of drug-likeness (QED) is 0.600. The number of amides is 2. The number of likely N-dealkylation sites (tertiary alicyclic amines) is 1. The molecule has 34 heavy (non-hydrogen) atoms. The Morgan fingerprint density at radius 3 is 2.65 bits per heavy atom. The van der Waals surface area contributed by atoms with Crippen LogP contribution in [0.3, 0.4) is 0 Å². The Labute approximate surface area is 198 Å². The van der Waals surface area contributed by atoms with E-state index < -0.39 is 5.60 Å². The van der Waals surface area contributed by atoms with E-state index in [1.165, 1.54) is 0 Å². The molecule has 8 heteroatoms. The Morgan fingerprint density at radius 2 is 1.88 bits per heavy atom. The van der Waals surface area contributed by atoms with Crippen LogP contribution in [0.5, 0.6) is 5.75 Å². The molecule has 3 aromatic rings. The van der Waals surface area contributed by atoms with Crippen LogP contribution in [-0.2, 0) is 11.3 Å². The van der Waals surface area contributed by atoms with Crippen LogP contribution in [0.4, 0.5) is 16.3 Å². The number of methoxy groups -OCH3 is 1. The lowest BCUT2D eigenvalue weighted by atomic mass is 10.0. The number of ether oxygens (including phenoxy) is 2. The van der Waals surface area contributed by atoms with E-state index in [4.69, 9.17) is 9.47 Å². The Hall–Kier alpha value is -4.07. The molecule has 0 bridgehead atoms. The topological polar surface area (TPSA) is 84.0 Å². The molecule has 2 aromatic carbocycles. The smallest absolute Gasteiger partial charge is 0.410 e. The summed E-state index contributed by atoms with van der Waals surface area (Å²) < 4.78 is 11.0. The van der Waals surface area contributed by atoms with Crippen molar-refractivity contribution in [2.75, 3.05) is 32.1 Å². The number of carbonyl (C=O) groups is 2. The van der Waals surface area contributed by atoms with E-state index in [0.717, 1.165) is 17.0 Å². The molecule has 2 amide bonds. The maximum Gasteiger partial charge on any atom is 0.410 e. The van der Waals surface area contributed by atoms with Gasteiger partial charge in [0, 0.05) is 31.4 Å². The van der Waals surface area contributed by atoms with E-state index in [1.54, 1.807) is 35.2 Å². The molecule has 2 fully saturated rings. The van der Waals surface area contributed by atoms with E-state index >= 15 is 0 Å². The van der Waals surface area contributed by atoms with Gasteiger partial charge in [0.2, 0.25) is 0 Å². The van der Waals surface area contributed by atoms with Crippen LogP contribution in [0.15, 0.2) is 72.9 Å². The molecule has 5 rings (SSSR count). The molecule has 1 aromatic heterocycles. The molecular weight excluding hydrogens is 432 g/mol. The lowest BCUT2D eigenvalue weighted by Crippen LogP contribution is -2.39. The predicted octanol–water partition coefficient (Wildman–Crippen LogP) is 4.07. The van der Waals surface area contributed by atoms with Gasteiger partial charge in [-0.05, 0) is 42.0 Å². The van der Waals surface area contributed by atoms with E-state index in [9.17, 15) is 9.59 Å². The number of anilines is 2. The van der Waals surface area contributed by atoms with Gasteiger partial charge in [0.05, 0.1) is 25.8 Å². The monoisotopic (exact) mass is 458 g/mol. The highest BCUT2D eigenvalue weighted by Crippen LogP contribution is 2.34. The van der Waals surface area contributed by atoms with E-state index in [0.29, 0.717) is 44.0 Å². The second kappa shape index (κ2) is 9.05. The summed E-state index contributed by atoms with van der Waals surface area (Å²) in [4.78, 5) is 33.8. The number of pyridine rings is 1. The highest BCUT2D eigenvalue weighted by molar-refractivity contribution is 5.99. The molecular formula is C26H26N4O4. The van der Waals surface area contributed by atoms with Crippen LogP contribution in [0.25, 0.3) is 0 Å². The minimum absolute atomic E-state index is 0.140. The van der Waals surface area contributed by atoms with Crippen LogP contribution in [0.1, 0.15) is 22.3 Å². The van der Waals surface area contributed by atoms with Gasteiger partial charge in [-0.3, -0.25) is 9.69 Å². The molecule has 2 aliphatic heterocycles. The minimum Gasteiger partial charge on any atom is -0.497 e. The molecule has 1 N–H and O–H groups in total. The number of carbonyl (C=O) groups excluding carboxylic acids is 2. The molecule has 0 aliphatic carbocycles. The second-order valence-electron chi connectivity index (χ2n) is 8.62. The molecule has 174 valence electrons. The van der Waals surface area contributed by atoms with Crippen molar-refractivity contribution in [2.24, 2.45) is 0 Å². The van der Waals surface area contributed by atoms with Crippen LogP contribution in [0.2, 0.25) is 0 Å². The first kappa shape index (κ1) is 21.8. The summed E-state index contributed by atoms with van der Waals surface area (Å²) in [5, 5.41) is 3.22. The van der Waals surface area contributed by atoms with Crippen LogP contribution >= 0.6 is 0 Å². The molecule has 1 unspecified atom stereocenters. The average Bonchev–Trinajstić information content (AvgIpc) is 3.41. The average molecular weight is 459 g/mol. The highest BCUT2D eigenvalue weighted by Gasteiger charge is 2.50. The first-order valence-electron chi connectivity index (χ1n) is 11.2. The third-order valence-corrected chi connectivity index (χ3v) is 6.25. The predicted molar refractivity (Wildman–Crippen MR) is 127 cm³/mol. The molecule has 0 radical (unpaired) electrons. The van der Waals surface area contributed by atoms with Gasteiger partial charge in [-0.1, -0.05) is 30.3 Å². The van der Waals surface area contributed by atoms with Crippen molar-refractivity contribution in [2.45, 2.75) is 18.6 Å². The van der Waals surface area contributed by atoms with Gasteiger partial charge in [0.25, 0.3) is 5.91 Å². The third kappa shape index (κ3) is 4.39. The third-order valence-electron chi connectivity index (χ3n) is 6.25. The SMILES string of the molecule is COc1ccc(Nc2ncccc2C(=O)N2CCC3(CN(Cc4ccccc4)C(=O)O3)C2)cc1. The van der Waals surface area contributed by atoms with Crippen molar-refractivity contribution in [3.63, 3.8) is 0 Å². The summed E-state index contributed by atoms with van der Waals surface area (Å²) in [6.07, 6.45) is 1.92. The summed E-state index contributed by atoms with van der Waals surface area (Å²) >= 11 is 0. The lowest BCUT2D eigenvalue weighted by molar-refractivity contribution is 0.0553. The van der Waals surface area contributed by atoms with E-state index in [-0.39, 0.29) is 12.0 Å². The summed E-state index contributed by atoms with van der Waals surface area (Å²) in [7, 11) is 1.61. The van der Waals surface area contributed by atoms with Crippen molar-refractivity contribution in [3.8, 4) is 5.75 Å². The molecule has 2 aliphatic rings. The van der Waals surface area contributed by atoms with Crippen molar-refractivity contribution < 1.29 is 19.1 Å². The van der Waals surface area contributed by atoms with Gasteiger partial charge < -0.3 is 19.7 Å². The second-order valence-corrected chi connectivity index (χ2v) is 8.62. The fourth-order valence-electron chi connectivity index (χ4n) is 4.51. The van der Waals surface area contributed by atoms with Crippen LogP contribution in [-0.4, -0.2) is 59.1 Å². The molecule has 3 heterocycles. The number of hydrogen-bond donors (Lipinski definition) is 1. The molecule has 1 spiro atoms. The Balaban J connectivity index is 1.28. The summed E-state index contributed by atoms with van der Waals surface area (Å²) in [5.74, 6) is 1.09. The first-order chi connectivity index (χ1) is 16.5. The lowest BCUT2D eigenvalue weighted by Gasteiger charge is -2.23. The molecule has 0 saturated carbocycles. The van der Waals surface area contributed by atoms with Crippen molar-refractivity contribution in [1.82, 2.24) is 14.8 Å². The highest BCUT2D eigenvalue weighted by atomic mass is 16.6. The van der Waals surface area contributed by atoms with Crippen LogP contribution < -0.4 is 10.1 Å². The number of nitrogens with one attached hydrogen (secondary N) is 1. The number of benzene rings is 2. The summed E-state index contributed by atoms with van der Waals surface area (Å²) in [6.45, 7) is 1.84. The Kier molecular flexibility index (Phi) is 5.79. The number of nitrogens with zero attached hydrogens (tertiary/aromatic N) is 3. The van der Waals surface area contributed by atoms with Gasteiger partial charge >= 0.3 is 6.09 Å². The van der Waals surface area contributed by atoms with Gasteiger partial charge in [0.15, 0.2) is 5.60 Å². The molecule has 2 saturated heterocycles. The van der Waals surface area contributed by atoms with Gasteiger partial charge in [-0.15, -0.1) is 0 Å². The number of aromatic nitrogens is 1. The first-order valence-corrected chi connectivity index (χ1v) is 11.2. The minimum atomic E-state index is -0.673. The Morgan fingerprint density at radius 1 is 1.09 bits per heavy atom. The summed E-state index contributed by atoms with van der Waals surface area (Å²) in [6, 6.07) is 20.7. The number of rotatable bonds is 6. The van der Waals surface area contributed by atoms with E-state index in [1.807, 2.05) is 54.6 Å². The maximum absolute atomic E-state index is 13.4. The normalized spacial score (nSPS) is 19.4. The molecule has 8 nitrogen and oxygen atoms in total. The standard InChI is InChI=1S/C26H26N4O4/c1-33-21-11-9-20(10-12-21)28-23-22(8-5-14-27-23)24(31)29-15-13-26(17-29)18-30(25(32)34-26)16-19-6-3-2-4-7-19/h2-12,14H,13,15-18H2,1H3,(H,27,28). The van der Waals surface area contributed by atoms with Crippen molar-refractivity contribution in [3.05, 3.63) is 84.1 Å². The summed E-state index contributed by atoms with van der Waals surface area (Å²) in [5.41, 5.74) is 1.65. The van der Waals surface area contributed by atoms with Crippen molar-refractivity contribution >= 4 is 23.5 Å². The number of hydrogen-bond acceptors (Lipinski definition) is 6. The zero-order valence-corrected chi connectivity index (χ0v) is 18.9. The van der Waals surface area contributed by atoms with Gasteiger partial charge in [-0.2, -0.15) is 0 Å². The van der Waals surface area contributed by atoms with E-state index in [2.05, 4.69) is 10.3 Å². The maximum atomic E-state index is 13.4. The van der Waals surface area contributed by atoms with Gasteiger partial charge in [-0.25, -0.2) is 9.78 Å². The largest absolute Gasteiger partial charge is 0.497 e. The molecule has 1 atom stereocenters. The zero-order valence-electron chi connectivity index (χ0n) is 18.9. The van der Waals surface area contributed by atoms with Crippen molar-refractivity contribution in [1.29, 1.82) is 0 Å². The van der Waals surface area contributed by atoms with Crippen LogP contribution in [0, 0.1) is 0 Å². The van der Waals surface area contributed by atoms with Gasteiger partial charge in [0.1, 0.15) is 11.6 Å². The fourth-order valence-corrected chi connectivity index (χ4v) is 4.51. The Bertz CT molecular complexity index is 1180.